The number of benzene rings is 2. The molecule has 34 heavy (non-hydrogen) atoms. The Kier molecular flexibility index (Phi) is 7.68. The number of rotatable bonds is 6. The van der Waals surface area contributed by atoms with E-state index in [1.165, 1.54) is 4.31 Å². The molecule has 1 heterocycles. The minimum Gasteiger partial charge on any atom is -0.351 e. The summed E-state index contributed by atoms with van der Waals surface area (Å²) in [6, 6.07) is 15.6. The number of carbonyl (C=O) groups excluding carboxylic acids is 2. The van der Waals surface area contributed by atoms with E-state index in [0.717, 1.165) is 31.2 Å². The normalized spacial score (nSPS) is 23.7. The van der Waals surface area contributed by atoms with Gasteiger partial charge in [0, 0.05) is 30.7 Å². The number of hydrogen-bond acceptors (Lipinski definition) is 4. The van der Waals surface area contributed by atoms with Gasteiger partial charge >= 0.3 is 0 Å². The van der Waals surface area contributed by atoms with Crippen LogP contribution in [0.4, 0.5) is 0 Å². The second-order valence-corrected chi connectivity index (χ2v) is 11.3. The highest BCUT2D eigenvalue weighted by molar-refractivity contribution is 7.89. The number of aryl methyl sites for hydroxylation is 1. The fourth-order valence-electron chi connectivity index (χ4n) is 4.85. The highest BCUT2D eigenvalue weighted by atomic mass is 32.2. The minimum absolute atomic E-state index is 0.130. The predicted molar refractivity (Wildman–Crippen MR) is 131 cm³/mol. The Labute approximate surface area is 202 Å². The van der Waals surface area contributed by atoms with E-state index in [2.05, 4.69) is 10.6 Å². The zero-order valence-electron chi connectivity index (χ0n) is 19.6. The maximum absolute atomic E-state index is 13.2. The third kappa shape index (κ3) is 5.67. The van der Waals surface area contributed by atoms with Gasteiger partial charge in [-0.25, -0.2) is 8.42 Å². The summed E-state index contributed by atoms with van der Waals surface area (Å²) in [4.78, 5) is 26.1. The summed E-state index contributed by atoms with van der Waals surface area (Å²) in [5.41, 5.74) is 1.60. The van der Waals surface area contributed by atoms with Crippen molar-refractivity contribution in [2.75, 3.05) is 13.1 Å². The lowest BCUT2D eigenvalue weighted by atomic mass is 9.89. The van der Waals surface area contributed by atoms with Crippen LogP contribution in [0.5, 0.6) is 0 Å². The monoisotopic (exact) mass is 483 g/mol. The number of hydrogen-bond donors (Lipinski definition) is 2. The summed E-state index contributed by atoms with van der Waals surface area (Å²) in [5.74, 6) is -0.671. The Hall–Kier alpha value is -2.71. The quantitative estimate of drug-likeness (QED) is 0.659. The van der Waals surface area contributed by atoms with Gasteiger partial charge in [-0.05, 0) is 56.9 Å². The van der Waals surface area contributed by atoms with Gasteiger partial charge in [-0.2, -0.15) is 4.31 Å². The smallest absolute Gasteiger partial charge is 0.251 e. The molecule has 8 heteroatoms. The third-order valence-corrected chi connectivity index (χ3v) is 8.74. The average Bonchev–Trinajstić information content (AvgIpc) is 2.86. The van der Waals surface area contributed by atoms with Gasteiger partial charge in [0.25, 0.3) is 5.91 Å². The summed E-state index contributed by atoms with van der Waals surface area (Å²) < 4.78 is 27.7. The number of sulfonamides is 1. The Morgan fingerprint density at radius 1 is 0.853 bits per heavy atom. The van der Waals surface area contributed by atoms with Crippen molar-refractivity contribution < 1.29 is 18.0 Å². The van der Waals surface area contributed by atoms with Crippen LogP contribution >= 0.6 is 0 Å². The van der Waals surface area contributed by atoms with Crippen LogP contribution in [0.25, 0.3) is 0 Å². The van der Waals surface area contributed by atoms with Crippen molar-refractivity contribution in [2.45, 2.75) is 62.4 Å². The summed E-state index contributed by atoms with van der Waals surface area (Å²) in [6.45, 7) is 2.51. The maximum Gasteiger partial charge on any atom is 0.251 e. The molecule has 1 aliphatic carbocycles. The fraction of sp³-hybridized carbons (Fsp3) is 0.462. The lowest BCUT2D eigenvalue weighted by Crippen LogP contribution is -2.55. The topological polar surface area (TPSA) is 95.6 Å². The van der Waals surface area contributed by atoms with Crippen molar-refractivity contribution in [2.24, 2.45) is 5.92 Å². The van der Waals surface area contributed by atoms with Crippen LogP contribution in [-0.4, -0.2) is 49.7 Å². The first-order valence-corrected chi connectivity index (χ1v) is 13.5. The van der Waals surface area contributed by atoms with Gasteiger partial charge in [-0.3, -0.25) is 9.59 Å². The second kappa shape index (κ2) is 10.7. The zero-order chi connectivity index (χ0) is 24.1. The Bertz CT molecular complexity index is 1100. The van der Waals surface area contributed by atoms with Crippen molar-refractivity contribution in [1.82, 2.24) is 14.9 Å². The Morgan fingerprint density at radius 3 is 2.18 bits per heavy atom. The number of nitrogens with zero attached hydrogens (tertiary/aromatic N) is 1. The second-order valence-electron chi connectivity index (χ2n) is 9.36. The molecule has 1 saturated carbocycles. The molecule has 0 unspecified atom stereocenters. The molecular weight excluding hydrogens is 450 g/mol. The summed E-state index contributed by atoms with van der Waals surface area (Å²) in [7, 11) is -3.64. The predicted octanol–water partition coefficient (Wildman–Crippen LogP) is 3.25. The first kappa shape index (κ1) is 24.4. The summed E-state index contributed by atoms with van der Waals surface area (Å²) in [5, 5.41) is 6.23. The molecule has 0 radical (unpaired) electrons. The van der Waals surface area contributed by atoms with E-state index in [0.29, 0.717) is 24.9 Å². The summed E-state index contributed by atoms with van der Waals surface area (Å²) >= 11 is 0. The highest BCUT2D eigenvalue weighted by Crippen LogP contribution is 2.25. The molecule has 0 bridgehead atoms. The molecule has 1 aliphatic heterocycles. The van der Waals surface area contributed by atoms with E-state index in [-0.39, 0.29) is 35.3 Å². The minimum atomic E-state index is -3.64. The van der Waals surface area contributed by atoms with E-state index in [4.69, 9.17) is 0 Å². The van der Waals surface area contributed by atoms with E-state index in [1.54, 1.807) is 36.4 Å². The Morgan fingerprint density at radius 2 is 1.50 bits per heavy atom. The van der Waals surface area contributed by atoms with Gasteiger partial charge in [0.05, 0.1) is 10.8 Å². The van der Waals surface area contributed by atoms with Gasteiger partial charge in [0.1, 0.15) is 0 Å². The molecule has 2 amide bonds. The molecule has 2 N–H and O–H groups in total. The molecule has 4 rings (SSSR count). The van der Waals surface area contributed by atoms with Crippen molar-refractivity contribution in [3.05, 3.63) is 65.7 Å². The molecule has 2 fully saturated rings. The highest BCUT2D eigenvalue weighted by Gasteiger charge is 2.35. The van der Waals surface area contributed by atoms with Gasteiger partial charge in [-0.1, -0.05) is 48.7 Å². The molecule has 3 atom stereocenters. The molecule has 2 aromatic rings. The zero-order valence-corrected chi connectivity index (χ0v) is 20.4. The molecule has 0 spiro atoms. The first-order chi connectivity index (χ1) is 16.3. The molecule has 0 aromatic heterocycles. The number of carbonyl (C=O) groups is 2. The van der Waals surface area contributed by atoms with Gasteiger partial charge < -0.3 is 10.6 Å². The number of piperidine rings is 1. The van der Waals surface area contributed by atoms with E-state index in [9.17, 15) is 18.0 Å². The molecule has 2 aliphatic rings. The van der Waals surface area contributed by atoms with E-state index >= 15 is 0 Å². The average molecular weight is 484 g/mol. The number of nitrogens with one attached hydrogen (secondary N) is 2. The van der Waals surface area contributed by atoms with Crippen molar-refractivity contribution in [1.29, 1.82) is 0 Å². The number of amides is 2. The SMILES string of the molecule is Cc1ccc(S(=O)(=O)N2CCC[C@H](C(=O)N[C@@H]3CCCC[C@H]3NC(=O)c3ccccc3)C2)cc1. The summed E-state index contributed by atoms with van der Waals surface area (Å²) in [6.07, 6.45) is 4.88. The third-order valence-electron chi connectivity index (χ3n) is 6.86. The molecule has 7 nitrogen and oxygen atoms in total. The van der Waals surface area contributed by atoms with Gasteiger partial charge in [0.2, 0.25) is 15.9 Å². The lowest BCUT2D eigenvalue weighted by molar-refractivity contribution is -0.127. The Balaban J connectivity index is 1.39. The lowest BCUT2D eigenvalue weighted by Gasteiger charge is -2.36. The molecule has 2 aromatic carbocycles. The standard InChI is InChI=1S/C26H33N3O4S/c1-19-13-15-22(16-14-19)34(32,33)29-17-7-10-21(18-29)26(31)28-24-12-6-5-11-23(24)27-25(30)20-8-3-2-4-9-20/h2-4,8-9,13-16,21,23-24H,5-7,10-12,17-18H2,1H3,(H,27,30)(H,28,31)/t21-,23+,24+/m0/s1. The van der Waals surface area contributed by atoms with Gasteiger partial charge in [0.15, 0.2) is 0 Å². The maximum atomic E-state index is 13.2. The van der Waals surface area contributed by atoms with Crippen molar-refractivity contribution in [3.63, 3.8) is 0 Å². The van der Waals surface area contributed by atoms with Crippen LogP contribution < -0.4 is 10.6 Å². The van der Waals surface area contributed by atoms with Crippen molar-refractivity contribution >= 4 is 21.8 Å². The van der Waals surface area contributed by atoms with Crippen LogP contribution in [0.15, 0.2) is 59.5 Å². The van der Waals surface area contributed by atoms with Crippen LogP contribution in [0.1, 0.15) is 54.4 Å². The molecular formula is C26H33N3O4S. The van der Waals surface area contributed by atoms with Crippen LogP contribution in [0.2, 0.25) is 0 Å². The van der Waals surface area contributed by atoms with Gasteiger partial charge in [-0.15, -0.1) is 0 Å². The van der Waals surface area contributed by atoms with E-state index in [1.807, 2.05) is 25.1 Å². The fourth-order valence-corrected chi connectivity index (χ4v) is 6.38. The molecule has 182 valence electrons. The van der Waals surface area contributed by atoms with Crippen LogP contribution in [0, 0.1) is 12.8 Å². The first-order valence-electron chi connectivity index (χ1n) is 12.1. The molecule has 1 saturated heterocycles. The van der Waals surface area contributed by atoms with Crippen LogP contribution in [0.3, 0.4) is 0 Å². The largest absolute Gasteiger partial charge is 0.351 e. The van der Waals surface area contributed by atoms with E-state index < -0.39 is 15.9 Å². The van der Waals surface area contributed by atoms with Crippen LogP contribution in [-0.2, 0) is 14.8 Å². The van der Waals surface area contributed by atoms with Crippen molar-refractivity contribution in [3.8, 4) is 0 Å².